The van der Waals surface area contributed by atoms with Crippen molar-refractivity contribution in [3.8, 4) is 5.75 Å². The molecule has 0 spiro atoms. The van der Waals surface area contributed by atoms with Crippen molar-refractivity contribution in [2.75, 3.05) is 44.6 Å². The Morgan fingerprint density at radius 3 is 2.62 bits per heavy atom. The summed E-state index contributed by atoms with van der Waals surface area (Å²) >= 11 is 0. The van der Waals surface area contributed by atoms with Crippen LogP contribution >= 0.6 is 0 Å². The quantitative estimate of drug-likeness (QED) is 0.235. The molecule has 0 unspecified atom stereocenters. The molecule has 0 aliphatic carbocycles. The van der Waals surface area contributed by atoms with Gasteiger partial charge in [-0.2, -0.15) is 5.10 Å². The number of anilines is 2. The zero-order valence-corrected chi connectivity index (χ0v) is 23.9. The van der Waals surface area contributed by atoms with Crippen molar-refractivity contribution in [3.05, 3.63) is 84.3 Å². The third-order valence-electron chi connectivity index (χ3n) is 6.95. The maximum Gasteiger partial charge on any atom is 0.148 e. The topological polar surface area (TPSA) is 102 Å². The average Bonchev–Trinajstić information content (AvgIpc) is 3.33. The molecule has 5 rings (SSSR count). The first-order valence-corrected chi connectivity index (χ1v) is 15.3. The number of aryl methyl sites for hydroxylation is 1. The first-order valence-electron chi connectivity index (χ1n) is 13.2. The number of benzene rings is 3. The Kier molecular flexibility index (Phi) is 8.27. The summed E-state index contributed by atoms with van der Waals surface area (Å²) in [6.45, 7) is 2.02. The summed E-state index contributed by atoms with van der Waals surface area (Å²) in [4.78, 5) is 11.1. The summed E-state index contributed by atoms with van der Waals surface area (Å²) in [7, 11) is 0.635. The van der Waals surface area contributed by atoms with Crippen LogP contribution < -0.4 is 10.1 Å². The van der Waals surface area contributed by atoms with Gasteiger partial charge in [-0.05, 0) is 61.8 Å². The van der Waals surface area contributed by atoms with E-state index in [1.165, 1.54) is 11.8 Å². The Morgan fingerprint density at radius 2 is 1.85 bits per heavy atom. The fourth-order valence-corrected chi connectivity index (χ4v) is 5.41. The lowest BCUT2D eigenvalue weighted by molar-refractivity contribution is 0.346. The summed E-state index contributed by atoms with van der Waals surface area (Å²) in [5.74, 6) is 1.66. The van der Waals surface area contributed by atoms with Crippen molar-refractivity contribution >= 4 is 43.1 Å². The number of aromatic nitrogens is 4. The predicted octanol–water partition coefficient (Wildman–Crippen LogP) is 4.69. The Labute approximate surface area is 234 Å². The lowest BCUT2D eigenvalue weighted by Gasteiger charge is -2.17. The van der Waals surface area contributed by atoms with E-state index >= 15 is 0 Å². The molecule has 2 aromatic heterocycles. The van der Waals surface area contributed by atoms with Crippen molar-refractivity contribution < 1.29 is 13.2 Å². The Bertz CT molecular complexity index is 1720. The molecule has 0 saturated heterocycles. The van der Waals surface area contributed by atoms with Gasteiger partial charge in [0.05, 0.1) is 36.6 Å². The molecule has 0 aliphatic rings. The Morgan fingerprint density at radius 1 is 1.02 bits per heavy atom. The first kappa shape index (κ1) is 27.5. The fourth-order valence-electron chi connectivity index (χ4n) is 4.77. The van der Waals surface area contributed by atoms with E-state index < -0.39 is 9.84 Å². The molecule has 0 radical (unpaired) electrons. The van der Waals surface area contributed by atoms with E-state index in [1.807, 2.05) is 53.2 Å². The van der Waals surface area contributed by atoms with E-state index in [0.717, 1.165) is 64.0 Å². The zero-order valence-electron chi connectivity index (χ0n) is 23.0. The van der Waals surface area contributed by atoms with E-state index in [-0.39, 0.29) is 5.75 Å². The van der Waals surface area contributed by atoms with Gasteiger partial charge in [-0.25, -0.2) is 18.4 Å². The molecular weight excluding hydrogens is 524 g/mol. The average molecular weight is 559 g/mol. The molecule has 0 atom stereocenters. The molecule has 0 bridgehead atoms. The maximum absolute atomic E-state index is 11.5. The number of fused-ring (bicyclic) bond motifs is 2. The lowest BCUT2D eigenvalue weighted by atomic mass is 10.0. The second-order valence-electron chi connectivity index (χ2n) is 10.1. The van der Waals surface area contributed by atoms with Gasteiger partial charge in [-0.15, -0.1) is 0 Å². The zero-order chi connectivity index (χ0) is 28.1. The van der Waals surface area contributed by atoms with Gasteiger partial charge in [-0.3, -0.25) is 4.68 Å². The molecule has 0 amide bonds. The molecular formula is C30H34N6O3S. The molecule has 5 aromatic rings. The van der Waals surface area contributed by atoms with Crippen LogP contribution in [0, 0.1) is 0 Å². The van der Waals surface area contributed by atoms with Crippen LogP contribution in [-0.2, 0) is 22.8 Å². The largest absolute Gasteiger partial charge is 0.496 e. The predicted molar refractivity (Wildman–Crippen MR) is 160 cm³/mol. The Hall–Kier alpha value is -4.02. The fraction of sp³-hybridized carbons (Fsp3) is 0.300. The summed E-state index contributed by atoms with van der Waals surface area (Å²) in [6.07, 6.45) is 6.35. The van der Waals surface area contributed by atoms with Crippen molar-refractivity contribution in [1.82, 2.24) is 24.6 Å². The third kappa shape index (κ3) is 6.75. The highest BCUT2D eigenvalue weighted by Crippen LogP contribution is 2.31. The highest BCUT2D eigenvalue weighted by Gasteiger charge is 2.13. The van der Waals surface area contributed by atoms with Gasteiger partial charge >= 0.3 is 0 Å². The summed E-state index contributed by atoms with van der Waals surface area (Å²) < 4.78 is 30.6. The van der Waals surface area contributed by atoms with Gasteiger partial charge in [0.2, 0.25) is 0 Å². The number of ether oxygens (including phenoxy) is 1. The molecule has 3 aromatic carbocycles. The molecule has 208 valence electrons. The minimum atomic E-state index is -2.97. The number of rotatable bonds is 12. The monoisotopic (exact) mass is 558 g/mol. The van der Waals surface area contributed by atoms with Crippen LogP contribution in [0.25, 0.3) is 21.8 Å². The highest BCUT2D eigenvalue weighted by molar-refractivity contribution is 7.90. The molecule has 9 nitrogen and oxygen atoms in total. The van der Waals surface area contributed by atoms with Crippen LogP contribution in [-0.4, -0.2) is 72.3 Å². The number of methoxy groups -OCH3 is 1. The van der Waals surface area contributed by atoms with Crippen molar-refractivity contribution in [1.29, 1.82) is 0 Å². The molecule has 1 N–H and O–H groups in total. The van der Waals surface area contributed by atoms with Crippen LogP contribution in [0.3, 0.4) is 0 Å². The van der Waals surface area contributed by atoms with Crippen LogP contribution in [0.15, 0.2) is 73.2 Å². The lowest BCUT2D eigenvalue weighted by Crippen LogP contribution is -2.26. The molecule has 2 heterocycles. The van der Waals surface area contributed by atoms with E-state index in [1.54, 1.807) is 13.4 Å². The van der Waals surface area contributed by atoms with Crippen LogP contribution in [0.4, 0.5) is 11.5 Å². The minimum Gasteiger partial charge on any atom is -0.496 e. The normalized spacial score (nSPS) is 11.9. The second kappa shape index (κ2) is 12.0. The van der Waals surface area contributed by atoms with Crippen molar-refractivity contribution in [2.45, 2.75) is 19.4 Å². The summed E-state index contributed by atoms with van der Waals surface area (Å²) in [5, 5.41) is 10.0. The van der Waals surface area contributed by atoms with E-state index in [4.69, 9.17) is 4.74 Å². The van der Waals surface area contributed by atoms with Gasteiger partial charge < -0.3 is 15.0 Å². The second-order valence-corrected chi connectivity index (χ2v) is 12.4. The SMILES string of the molecule is COc1cc2ncnc(Nc3ccc4c(cnn4Cc4ccccc4)c3)c2cc1CCCN(C)CCS(C)(=O)=O. The molecule has 40 heavy (non-hydrogen) atoms. The van der Waals surface area contributed by atoms with E-state index in [9.17, 15) is 8.42 Å². The maximum atomic E-state index is 11.5. The third-order valence-corrected chi connectivity index (χ3v) is 7.87. The highest BCUT2D eigenvalue weighted by atomic mass is 32.2. The number of hydrogen-bond donors (Lipinski definition) is 1. The van der Waals surface area contributed by atoms with Crippen LogP contribution in [0.5, 0.6) is 5.75 Å². The van der Waals surface area contributed by atoms with Gasteiger partial charge in [0.15, 0.2) is 0 Å². The number of hydrogen-bond acceptors (Lipinski definition) is 8. The first-order chi connectivity index (χ1) is 19.3. The summed E-state index contributed by atoms with van der Waals surface area (Å²) in [5.41, 5.74) is 5.03. The van der Waals surface area contributed by atoms with Crippen molar-refractivity contribution in [3.63, 3.8) is 0 Å². The van der Waals surface area contributed by atoms with Crippen molar-refractivity contribution in [2.24, 2.45) is 0 Å². The summed E-state index contributed by atoms with van der Waals surface area (Å²) in [6, 6.07) is 20.5. The number of nitrogens with one attached hydrogen (secondary N) is 1. The van der Waals surface area contributed by atoms with Gasteiger partial charge in [0, 0.05) is 35.3 Å². The van der Waals surface area contributed by atoms with Crippen LogP contribution in [0.2, 0.25) is 0 Å². The molecule has 0 fully saturated rings. The molecule has 0 saturated carbocycles. The van der Waals surface area contributed by atoms with Crippen LogP contribution in [0.1, 0.15) is 17.5 Å². The smallest absolute Gasteiger partial charge is 0.148 e. The minimum absolute atomic E-state index is 0.161. The molecule has 0 aliphatic heterocycles. The number of nitrogens with zero attached hydrogens (tertiary/aromatic N) is 5. The van der Waals surface area contributed by atoms with Gasteiger partial charge in [0.25, 0.3) is 0 Å². The Balaban J connectivity index is 1.33. The van der Waals surface area contributed by atoms with E-state index in [0.29, 0.717) is 13.1 Å². The number of sulfone groups is 1. The molecule has 10 heteroatoms. The van der Waals surface area contributed by atoms with Gasteiger partial charge in [-0.1, -0.05) is 30.3 Å². The van der Waals surface area contributed by atoms with Gasteiger partial charge in [0.1, 0.15) is 27.7 Å². The standard InChI is InChI=1S/C30H34N6O3S/c1-35(14-15-40(3,37)38)13-7-10-23-17-26-27(18-29(23)39-2)31-21-32-30(26)34-25-11-12-28-24(16-25)19-33-36(28)20-22-8-5-4-6-9-22/h4-6,8-9,11-12,16-19,21H,7,10,13-15,20H2,1-3H3,(H,31,32,34). The van der Waals surface area contributed by atoms with E-state index in [2.05, 4.69) is 50.7 Å².